The Bertz CT molecular complexity index is 580. The summed E-state index contributed by atoms with van der Waals surface area (Å²) in [7, 11) is 0. The highest BCUT2D eigenvalue weighted by Gasteiger charge is 2.07. The standard InChI is InChI=1S/C16H15FOS/c1-12-5-2-3-6-14(12)10-19-11-16(18)13-7-4-8-15(17)9-13/h2-9H,10-11H2,1H3. The van der Waals surface area contributed by atoms with Gasteiger partial charge in [-0.15, -0.1) is 11.8 Å². The molecular weight excluding hydrogens is 259 g/mol. The van der Waals surface area contributed by atoms with E-state index in [0.29, 0.717) is 11.3 Å². The average Bonchev–Trinajstić information content (AvgIpc) is 2.41. The van der Waals surface area contributed by atoms with Crippen molar-refractivity contribution in [2.45, 2.75) is 12.7 Å². The molecule has 0 aliphatic rings. The highest BCUT2D eigenvalue weighted by molar-refractivity contribution is 7.99. The Kier molecular flexibility index (Phi) is 4.74. The van der Waals surface area contributed by atoms with Crippen molar-refractivity contribution in [2.24, 2.45) is 0 Å². The second-order valence-electron chi connectivity index (χ2n) is 4.35. The number of Topliss-reactive ketones (excluding diaryl/α,β-unsaturated/α-hetero) is 1. The van der Waals surface area contributed by atoms with E-state index in [4.69, 9.17) is 0 Å². The molecule has 19 heavy (non-hydrogen) atoms. The largest absolute Gasteiger partial charge is 0.293 e. The molecule has 0 unspecified atom stereocenters. The van der Waals surface area contributed by atoms with Crippen molar-refractivity contribution < 1.29 is 9.18 Å². The monoisotopic (exact) mass is 274 g/mol. The third-order valence-corrected chi connectivity index (χ3v) is 3.88. The molecule has 1 nitrogen and oxygen atoms in total. The van der Waals surface area contributed by atoms with Crippen LogP contribution in [0.4, 0.5) is 4.39 Å². The fourth-order valence-electron chi connectivity index (χ4n) is 1.77. The molecule has 0 bridgehead atoms. The fraction of sp³-hybridized carbons (Fsp3) is 0.188. The van der Waals surface area contributed by atoms with Gasteiger partial charge in [0.1, 0.15) is 5.82 Å². The molecular formula is C16H15FOS. The number of carbonyl (C=O) groups is 1. The number of rotatable bonds is 5. The van der Waals surface area contributed by atoms with Crippen LogP contribution in [0, 0.1) is 12.7 Å². The maximum atomic E-state index is 13.0. The Labute approximate surface area is 116 Å². The summed E-state index contributed by atoms with van der Waals surface area (Å²) in [5.74, 6) is 0.777. The van der Waals surface area contributed by atoms with E-state index < -0.39 is 0 Å². The molecule has 98 valence electrons. The Morgan fingerprint density at radius 2 is 1.95 bits per heavy atom. The van der Waals surface area contributed by atoms with Crippen LogP contribution in [-0.2, 0) is 5.75 Å². The van der Waals surface area contributed by atoms with Gasteiger partial charge in [-0.3, -0.25) is 4.79 Å². The van der Waals surface area contributed by atoms with Crippen molar-refractivity contribution in [1.82, 2.24) is 0 Å². The average molecular weight is 274 g/mol. The lowest BCUT2D eigenvalue weighted by molar-refractivity contribution is 0.102. The molecule has 2 rings (SSSR count). The number of carbonyl (C=O) groups excluding carboxylic acids is 1. The predicted octanol–water partition coefficient (Wildman–Crippen LogP) is 4.25. The van der Waals surface area contributed by atoms with Crippen LogP contribution in [-0.4, -0.2) is 11.5 Å². The Balaban J connectivity index is 1.90. The predicted molar refractivity (Wildman–Crippen MR) is 78.1 cm³/mol. The van der Waals surface area contributed by atoms with E-state index in [-0.39, 0.29) is 11.6 Å². The summed E-state index contributed by atoms with van der Waals surface area (Å²) in [6, 6.07) is 14.0. The summed E-state index contributed by atoms with van der Waals surface area (Å²) in [6.45, 7) is 2.06. The number of hydrogen-bond acceptors (Lipinski definition) is 2. The molecule has 0 saturated carbocycles. The van der Waals surface area contributed by atoms with E-state index in [1.165, 1.54) is 23.3 Å². The smallest absolute Gasteiger partial charge is 0.172 e. The van der Waals surface area contributed by atoms with E-state index in [0.717, 1.165) is 5.75 Å². The van der Waals surface area contributed by atoms with Gasteiger partial charge in [0.15, 0.2) is 5.78 Å². The normalized spacial score (nSPS) is 10.4. The number of benzene rings is 2. The third kappa shape index (κ3) is 3.93. The number of halogens is 1. The van der Waals surface area contributed by atoms with Gasteiger partial charge in [0, 0.05) is 11.3 Å². The van der Waals surface area contributed by atoms with Crippen LogP contribution < -0.4 is 0 Å². The summed E-state index contributed by atoms with van der Waals surface area (Å²) in [5.41, 5.74) is 2.91. The van der Waals surface area contributed by atoms with Gasteiger partial charge >= 0.3 is 0 Å². The van der Waals surface area contributed by atoms with Crippen LogP contribution in [0.25, 0.3) is 0 Å². The number of aryl methyl sites for hydroxylation is 1. The molecule has 0 aromatic heterocycles. The summed E-state index contributed by atoms with van der Waals surface area (Å²) >= 11 is 1.56. The van der Waals surface area contributed by atoms with Crippen LogP contribution in [0.2, 0.25) is 0 Å². The number of ketones is 1. The Morgan fingerprint density at radius 1 is 1.16 bits per heavy atom. The molecule has 0 spiro atoms. The van der Waals surface area contributed by atoms with Gasteiger partial charge in [0.2, 0.25) is 0 Å². The van der Waals surface area contributed by atoms with Gasteiger partial charge in [-0.25, -0.2) is 4.39 Å². The summed E-state index contributed by atoms with van der Waals surface area (Å²) in [5, 5.41) is 0. The second kappa shape index (κ2) is 6.53. The Hall–Kier alpha value is -1.61. The zero-order valence-electron chi connectivity index (χ0n) is 10.7. The minimum Gasteiger partial charge on any atom is -0.293 e. The van der Waals surface area contributed by atoms with Crippen LogP contribution in [0.5, 0.6) is 0 Å². The first kappa shape index (κ1) is 13.8. The highest BCUT2D eigenvalue weighted by Crippen LogP contribution is 2.17. The van der Waals surface area contributed by atoms with Crippen molar-refractivity contribution >= 4 is 17.5 Å². The molecule has 0 fully saturated rings. The quantitative estimate of drug-likeness (QED) is 0.758. The third-order valence-electron chi connectivity index (χ3n) is 2.90. The van der Waals surface area contributed by atoms with Gasteiger partial charge in [-0.1, -0.05) is 36.4 Å². The van der Waals surface area contributed by atoms with E-state index >= 15 is 0 Å². The molecule has 0 radical (unpaired) electrons. The van der Waals surface area contributed by atoms with Crippen LogP contribution in [0.15, 0.2) is 48.5 Å². The van der Waals surface area contributed by atoms with Crippen molar-refractivity contribution in [3.05, 3.63) is 71.0 Å². The van der Waals surface area contributed by atoms with E-state index in [1.54, 1.807) is 23.9 Å². The maximum Gasteiger partial charge on any atom is 0.172 e. The fourth-order valence-corrected chi connectivity index (χ4v) is 2.77. The van der Waals surface area contributed by atoms with Gasteiger partial charge < -0.3 is 0 Å². The zero-order valence-corrected chi connectivity index (χ0v) is 11.5. The lowest BCUT2D eigenvalue weighted by atomic mass is 10.1. The molecule has 0 amide bonds. The number of thioether (sulfide) groups is 1. The molecule has 2 aromatic carbocycles. The van der Waals surface area contributed by atoms with Crippen molar-refractivity contribution in [1.29, 1.82) is 0 Å². The summed E-state index contributed by atoms with van der Waals surface area (Å²) < 4.78 is 13.0. The van der Waals surface area contributed by atoms with E-state index in [1.807, 2.05) is 12.1 Å². The van der Waals surface area contributed by atoms with Crippen LogP contribution >= 0.6 is 11.8 Å². The molecule has 0 N–H and O–H groups in total. The van der Waals surface area contributed by atoms with Gasteiger partial charge in [0.25, 0.3) is 0 Å². The minimum absolute atomic E-state index is 0.0296. The SMILES string of the molecule is Cc1ccccc1CSCC(=O)c1cccc(F)c1. The summed E-state index contributed by atoms with van der Waals surface area (Å²) in [6.07, 6.45) is 0. The van der Waals surface area contributed by atoms with Gasteiger partial charge in [-0.2, -0.15) is 0 Å². The van der Waals surface area contributed by atoms with E-state index in [9.17, 15) is 9.18 Å². The highest BCUT2D eigenvalue weighted by atomic mass is 32.2. The Morgan fingerprint density at radius 3 is 2.68 bits per heavy atom. The van der Waals surface area contributed by atoms with Crippen LogP contribution in [0.1, 0.15) is 21.5 Å². The van der Waals surface area contributed by atoms with Crippen LogP contribution in [0.3, 0.4) is 0 Å². The zero-order chi connectivity index (χ0) is 13.7. The number of hydrogen-bond donors (Lipinski definition) is 0. The van der Waals surface area contributed by atoms with Gasteiger partial charge in [-0.05, 0) is 30.2 Å². The molecule has 0 aliphatic carbocycles. The van der Waals surface area contributed by atoms with Gasteiger partial charge in [0.05, 0.1) is 5.75 Å². The van der Waals surface area contributed by atoms with Crippen molar-refractivity contribution in [2.75, 3.05) is 5.75 Å². The molecule has 0 saturated heterocycles. The van der Waals surface area contributed by atoms with E-state index in [2.05, 4.69) is 19.1 Å². The molecule has 0 heterocycles. The lowest BCUT2D eigenvalue weighted by Gasteiger charge is -2.05. The first-order valence-corrected chi connectivity index (χ1v) is 7.23. The molecule has 2 aromatic rings. The first-order chi connectivity index (χ1) is 9.16. The minimum atomic E-state index is -0.366. The topological polar surface area (TPSA) is 17.1 Å². The van der Waals surface area contributed by atoms with Crippen molar-refractivity contribution in [3.8, 4) is 0 Å². The maximum absolute atomic E-state index is 13.0. The van der Waals surface area contributed by atoms with Crippen molar-refractivity contribution in [3.63, 3.8) is 0 Å². The first-order valence-electron chi connectivity index (χ1n) is 6.08. The second-order valence-corrected chi connectivity index (χ2v) is 5.34. The summed E-state index contributed by atoms with van der Waals surface area (Å²) in [4.78, 5) is 11.9. The molecule has 0 atom stereocenters. The lowest BCUT2D eigenvalue weighted by Crippen LogP contribution is -2.03. The molecule has 0 aliphatic heterocycles. The molecule has 3 heteroatoms.